The van der Waals surface area contributed by atoms with Gasteiger partial charge in [0.2, 0.25) is 5.91 Å². The quantitative estimate of drug-likeness (QED) is 0.807. The van der Waals surface area contributed by atoms with E-state index in [0.29, 0.717) is 6.42 Å². The zero-order chi connectivity index (χ0) is 9.84. The van der Waals surface area contributed by atoms with Gasteiger partial charge in [0.1, 0.15) is 5.01 Å². The number of nitrogens with one attached hydrogen (secondary N) is 1. The molecule has 0 saturated heterocycles. The molecule has 1 heterocycles. The van der Waals surface area contributed by atoms with Gasteiger partial charge in [-0.2, -0.15) is 0 Å². The van der Waals surface area contributed by atoms with Crippen LogP contribution in [0.3, 0.4) is 0 Å². The smallest absolute Gasteiger partial charge is 0.220 e. The summed E-state index contributed by atoms with van der Waals surface area (Å²) in [6.45, 7) is 5.75. The number of carbonyl (C=O) groups is 1. The van der Waals surface area contributed by atoms with Crippen LogP contribution in [-0.2, 0) is 4.79 Å². The lowest BCUT2D eigenvalue weighted by Crippen LogP contribution is -2.25. The van der Waals surface area contributed by atoms with Crippen molar-refractivity contribution in [1.82, 2.24) is 10.3 Å². The number of rotatable bonds is 3. The van der Waals surface area contributed by atoms with Gasteiger partial charge in [-0.05, 0) is 13.8 Å². The summed E-state index contributed by atoms with van der Waals surface area (Å²) in [5, 5.41) is 5.83. The highest BCUT2D eigenvalue weighted by Gasteiger charge is 2.10. The number of amides is 1. The van der Waals surface area contributed by atoms with Crippen molar-refractivity contribution in [2.24, 2.45) is 0 Å². The maximum absolute atomic E-state index is 11.1. The van der Waals surface area contributed by atoms with Crippen LogP contribution in [0.15, 0.2) is 5.38 Å². The van der Waals surface area contributed by atoms with E-state index in [1.54, 1.807) is 11.3 Å². The fourth-order valence-corrected chi connectivity index (χ4v) is 1.78. The fourth-order valence-electron chi connectivity index (χ4n) is 0.976. The summed E-state index contributed by atoms with van der Waals surface area (Å²) in [7, 11) is 0. The monoisotopic (exact) mass is 198 g/mol. The van der Waals surface area contributed by atoms with Gasteiger partial charge in [0.05, 0.1) is 6.04 Å². The molecule has 1 unspecified atom stereocenters. The zero-order valence-corrected chi connectivity index (χ0v) is 8.94. The van der Waals surface area contributed by atoms with E-state index >= 15 is 0 Å². The number of aryl methyl sites for hydroxylation is 1. The van der Waals surface area contributed by atoms with Gasteiger partial charge in [0, 0.05) is 17.5 Å². The van der Waals surface area contributed by atoms with E-state index in [1.165, 1.54) is 0 Å². The van der Waals surface area contributed by atoms with E-state index in [2.05, 4.69) is 10.3 Å². The number of nitrogens with zero attached hydrogens (tertiary/aromatic N) is 1. The second-order valence-corrected chi connectivity index (χ2v) is 3.86. The maximum atomic E-state index is 11.1. The van der Waals surface area contributed by atoms with Gasteiger partial charge in [-0.15, -0.1) is 11.3 Å². The lowest BCUT2D eigenvalue weighted by Gasteiger charge is -2.09. The molecule has 0 fully saturated rings. The molecule has 72 valence electrons. The van der Waals surface area contributed by atoms with E-state index in [-0.39, 0.29) is 11.9 Å². The van der Waals surface area contributed by atoms with Crippen molar-refractivity contribution in [1.29, 1.82) is 0 Å². The maximum Gasteiger partial charge on any atom is 0.220 e. The largest absolute Gasteiger partial charge is 0.347 e. The highest BCUT2D eigenvalue weighted by atomic mass is 32.1. The second-order valence-electron chi connectivity index (χ2n) is 2.97. The molecule has 0 aliphatic rings. The molecule has 1 aromatic heterocycles. The molecule has 1 atom stereocenters. The van der Waals surface area contributed by atoms with Gasteiger partial charge in [-0.3, -0.25) is 4.79 Å². The van der Waals surface area contributed by atoms with Gasteiger partial charge in [0.15, 0.2) is 0 Å². The molecule has 0 aliphatic heterocycles. The Kier molecular flexibility index (Phi) is 3.42. The summed E-state index contributed by atoms with van der Waals surface area (Å²) in [4.78, 5) is 15.4. The normalized spacial score (nSPS) is 12.5. The van der Waals surface area contributed by atoms with Crippen molar-refractivity contribution in [2.75, 3.05) is 0 Å². The molecule has 0 radical (unpaired) electrons. The van der Waals surface area contributed by atoms with Gasteiger partial charge in [0.25, 0.3) is 0 Å². The summed E-state index contributed by atoms with van der Waals surface area (Å²) in [5.41, 5.74) is 1.01. The number of aromatic nitrogens is 1. The third kappa shape index (κ3) is 2.81. The molecule has 0 aromatic carbocycles. The molecule has 13 heavy (non-hydrogen) atoms. The van der Waals surface area contributed by atoms with E-state index in [0.717, 1.165) is 10.7 Å². The Bertz CT molecular complexity index is 296. The van der Waals surface area contributed by atoms with Gasteiger partial charge in [-0.1, -0.05) is 6.92 Å². The van der Waals surface area contributed by atoms with Gasteiger partial charge in [-0.25, -0.2) is 4.98 Å². The Balaban J connectivity index is 2.58. The highest BCUT2D eigenvalue weighted by molar-refractivity contribution is 7.09. The van der Waals surface area contributed by atoms with E-state index in [4.69, 9.17) is 0 Å². The first-order valence-corrected chi connectivity index (χ1v) is 5.22. The Morgan fingerprint density at radius 1 is 1.77 bits per heavy atom. The van der Waals surface area contributed by atoms with Crippen molar-refractivity contribution in [2.45, 2.75) is 33.2 Å². The van der Waals surface area contributed by atoms with Crippen LogP contribution < -0.4 is 5.32 Å². The predicted molar refractivity (Wildman–Crippen MR) is 53.7 cm³/mol. The minimum atomic E-state index is 0.0335. The number of thiazole rings is 1. The molecule has 0 saturated carbocycles. The van der Waals surface area contributed by atoms with Crippen LogP contribution in [-0.4, -0.2) is 10.9 Å². The first-order chi connectivity index (χ1) is 6.13. The molecule has 1 aromatic rings. The van der Waals surface area contributed by atoms with E-state index in [1.807, 2.05) is 26.2 Å². The van der Waals surface area contributed by atoms with E-state index in [9.17, 15) is 4.79 Å². The Morgan fingerprint density at radius 2 is 2.46 bits per heavy atom. The summed E-state index contributed by atoms with van der Waals surface area (Å²) >= 11 is 1.58. The summed E-state index contributed by atoms with van der Waals surface area (Å²) < 4.78 is 0. The van der Waals surface area contributed by atoms with Crippen LogP contribution in [0.4, 0.5) is 0 Å². The van der Waals surface area contributed by atoms with Crippen molar-refractivity contribution in [3.63, 3.8) is 0 Å². The van der Waals surface area contributed by atoms with E-state index < -0.39 is 0 Å². The Hall–Kier alpha value is -0.900. The topological polar surface area (TPSA) is 42.0 Å². The Morgan fingerprint density at radius 3 is 2.92 bits per heavy atom. The summed E-state index contributed by atoms with van der Waals surface area (Å²) in [6, 6.07) is 0.0335. The first kappa shape index (κ1) is 10.2. The van der Waals surface area contributed by atoms with Crippen molar-refractivity contribution in [3.8, 4) is 0 Å². The minimum Gasteiger partial charge on any atom is -0.347 e. The molecule has 0 spiro atoms. The summed E-state index contributed by atoms with van der Waals surface area (Å²) in [6.07, 6.45) is 0.523. The molecule has 0 bridgehead atoms. The second kappa shape index (κ2) is 4.37. The standard InChI is InChI=1S/C9H14N2OS/c1-4-8(12)11-7(3)9-10-6(2)5-13-9/h5,7H,4H2,1-3H3,(H,11,12). The van der Waals surface area contributed by atoms with Gasteiger partial charge >= 0.3 is 0 Å². The highest BCUT2D eigenvalue weighted by Crippen LogP contribution is 2.17. The predicted octanol–water partition coefficient (Wildman–Crippen LogP) is 2.04. The van der Waals surface area contributed by atoms with Crippen LogP contribution in [0.1, 0.15) is 37.0 Å². The molecule has 1 rings (SSSR count). The van der Waals surface area contributed by atoms with Crippen molar-refractivity contribution in [3.05, 3.63) is 16.1 Å². The lowest BCUT2D eigenvalue weighted by atomic mass is 10.3. The lowest BCUT2D eigenvalue weighted by molar-refractivity contribution is -0.121. The number of carbonyl (C=O) groups excluding carboxylic acids is 1. The third-order valence-electron chi connectivity index (χ3n) is 1.71. The zero-order valence-electron chi connectivity index (χ0n) is 8.13. The SMILES string of the molecule is CCC(=O)NC(C)c1nc(C)cs1. The molecular weight excluding hydrogens is 184 g/mol. The number of hydrogen-bond acceptors (Lipinski definition) is 3. The molecular formula is C9H14N2OS. The van der Waals surface area contributed by atoms with Crippen LogP contribution in [0, 0.1) is 6.92 Å². The minimum absolute atomic E-state index is 0.0335. The summed E-state index contributed by atoms with van der Waals surface area (Å²) in [5.74, 6) is 0.0698. The molecule has 1 amide bonds. The van der Waals surface area contributed by atoms with Crippen LogP contribution in [0.5, 0.6) is 0 Å². The average molecular weight is 198 g/mol. The molecule has 4 heteroatoms. The Labute approximate surface area is 82.2 Å². The first-order valence-electron chi connectivity index (χ1n) is 4.35. The molecule has 1 N–H and O–H groups in total. The third-order valence-corrected chi connectivity index (χ3v) is 2.85. The van der Waals surface area contributed by atoms with Crippen LogP contribution in [0.25, 0.3) is 0 Å². The van der Waals surface area contributed by atoms with Gasteiger partial charge < -0.3 is 5.32 Å². The number of hydrogen-bond donors (Lipinski definition) is 1. The van der Waals surface area contributed by atoms with Crippen LogP contribution >= 0.6 is 11.3 Å². The van der Waals surface area contributed by atoms with Crippen molar-refractivity contribution < 1.29 is 4.79 Å². The molecule has 0 aliphatic carbocycles. The molecule has 3 nitrogen and oxygen atoms in total. The van der Waals surface area contributed by atoms with Crippen molar-refractivity contribution >= 4 is 17.2 Å². The average Bonchev–Trinajstić information content (AvgIpc) is 2.51. The fraction of sp³-hybridized carbons (Fsp3) is 0.556. The van der Waals surface area contributed by atoms with Crippen LogP contribution in [0.2, 0.25) is 0 Å².